The monoisotopic (exact) mass is 298 g/mol. The molecular formula is C20H26O2. The lowest BCUT2D eigenvalue weighted by Crippen LogP contribution is -2.19. The fourth-order valence-corrected chi connectivity index (χ4v) is 2.76. The van der Waals surface area contributed by atoms with E-state index < -0.39 is 5.97 Å². The van der Waals surface area contributed by atoms with Gasteiger partial charge in [-0.3, -0.25) is 0 Å². The van der Waals surface area contributed by atoms with Crippen LogP contribution in [0.1, 0.15) is 53.9 Å². The number of carboxylic acid groups (broad SMARTS) is 1. The quantitative estimate of drug-likeness (QED) is 0.450. The summed E-state index contributed by atoms with van der Waals surface area (Å²) in [6.07, 6.45) is 10.9. The van der Waals surface area contributed by atoms with Crippen LogP contribution in [0.5, 0.6) is 0 Å². The van der Waals surface area contributed by atoms with Gasteiger partial charge in [0.05, 0.1) is 0 Å². The molecule has 22 heavy (non-hydrogen) atoms. The Hall–Kier alpha value is -2.01. The lowest BCUT2D eigenvalue weighted by atomic mass is 9.72. The fourth-order valence-electron chi connectivity index (χ4n) is 2.76. The van der Waals surface area contributed by atoms with E-state index in [0.29, 0.717) is 5.57 Å². The summed E-state index contributed by atoms with van der Waals surface area (Å²) < 4.78 is 0. The number of rotatable bonds is 3. The second-order valence-electron chi connectivity index (χ2n) is 6.59. The lowest BCUT2D eigenvalue weighted by molar-refractivity contribution is -0.131. The summed E-state index contributed by atoms with van der Waals surface area (Å²) >= 11 is 0. The topological polar surface area (TPSA) is 37.3 Å². The Morgan fingerprint density at radius 2 is 2.00 bits per heavy atom. The van der Waals surface area contributed by atoms with E-state index in [1.807, 2.05) is 13.0 Å². The minimum Gasteiger partial charge on any atom is -0.478 e. The van der Waals surface area contributed by atoms with Crippen molar-refractivity contribution in [3.05, 3.63) is 46.6 Å². The molecule has 0 fully saturated rings. The van der Waals surface area contributed by atoms with Crippen LogP contribution in [0.15, 0.2) is 46.6 Å². The molecule has 118 valence electrons. The zero-order valence-corrected chi connectivity index (χ0v) is 14.3. The smallest absolute Gasteiger partial charge is 0.329 e. The molecule has 1 aliphatic rings. The van der Waals surface area contributed by atoms with Crippen molar-refractivity contribution in [2.24, 2.45) is 5.41 Å². The summed E-state index contributed by atoms with van der Waals surface area (Å²) in [5.41, 5.74) is 4.77. The van der Waals surface area contributed by atoms with Crippen LogP contribution in [0.2, 0.25) is 0 Å². The molecule has 0 saturated carbocycles. The van der Waals surface area contributed by atoms with Gasteiger partial charge < -0.3 is 5.11 Å². The number of allylic oxidation sites excluding steroid dienone is 7. The third-order valence-electron chi connectivity index (χ3n) is 3.96. The summed E-state index contributed by atoms with van der Waals surface area (Å²) in [6.45, 7) is 10.5. The maximum Gasteiger partial charge on any atom is 0.329 e. The molecule has 0 unspecified atom stereocenters. The first-order chi connectivity index (χ1) is 10.2. The van der Waals surface area contributed by atoms with E-state index in [-0.39, 0.29) is 5.41 Å². The Morgan fingerprint density at radius 3 is 2.59 bits per heavy atom. The average molecular weight is 298 g/mol. The molecule has 0 aromatic carbocycles. The number of carbonyl (C=O) groups is 1. The van der Waals surface area contributed by atoms with Crippen molar-refractivity contribution in [3.8, 4) is 11.8 Å². The SMILES string of the molecule is CC(C#CC=C(C)C=CC1=C(C)CCCC1(C)C)=CC(=O)O. The predicted molar refractivity (Wildman–Crippen MR) is 92.4 cm³/mol. The maximum absolute atomic E-state index is 10.5. The molecule has 0 spiro atoms. The van der Waals surface area contributed by atoms with Crippen molar-refractivity contribution in [1.29, 1.82) is 0 Å². The average Bonchev–Trinajstić information content (AvgIpc) is 2.36. The zero-order valence-electron chi connectivity index (χ0n) is 14.3. The molecule has 2 nitrogen and oxygen atoms in total. The van der Waals surface area contributed by atoms with Crippen LogP contribution in [-0.2, 0) is 4.79 Å². The fraction of sp³-hybridized carbons (Fsp3) is 0.450. The highest BCUT2D eigenvalue weighted by molar-refractivity contribution is 5.81. The Bertz CT molecular complexity index is 614. The van der Waals surface area contributed by atoms with Crippen LogP contribution >= 0.6 is 0 Å². The van der Waals surface area contributed by atoms with Gasteiger partial charge in [0.15, 0.2) is 0 Å². The van der Waals surface area contributed by atoms with E-state index in [2.05, 4.69) is 44.8 Å². The molecule has 1 aliphatic carbocycles. The standard InChI is InChI=1S/C20H26O2/c1-15(8-6-9-16(2)14-19(21)22)11-12-18-17(3)10-7-13-20(18,4)5/h8,11-12,14H,7,10,13H2,1-5H3,(H,21,22). The van der Waals surface area contributed by atoms with Crippen LogP contribution < -0.4 is 0 Å². The third-order valence-corrected chi connectivity index (χ3v) is 3.96. The maximum atomic E-state index is 10.5. The van der Waals surface area contributed by atoms with Gasteiger partial charge in [-0.25, -0.2) is 4.79 Å². The van der Waals surface area contributed by atoms with Gasteiger partial charge in [0.2, 0.25) is 0 Å². The highest BCUT2D eigenvalue weighted by Gasteiger charge is 2.26. The summed E-state index contributed by atoms with van der Waals surface area (Å²) in [6, 6.07) is 0. The van der Waals surface area contributed by atoms with E-state index >= 15 is 0 Å². The molecule has 0 heterocycles. The molecule has 0 atom stereocenters. The van der Waals surface area contributed by atoms with E-state index in [4.69, 9.17) is 5.11 Å². The molecule has 0 bridgehead atoms. The van der Waals surface area contributed by atoms with Crippen molar-refractivity contribution >= 4 is 5.97 Å². The number of aliphatic carboxylic acids is 1. The highest BCUT2D eigenvalue weighted by atomic mass is 16.4. The number of hydrogen-bond donors (Lipinski definition) is 1. The normalized spacial score (nSPS) is 19.1. The van der Waals surface area contributed by atoms with E-state index in [1.54, 1.807) is 6.92 Å². The second-order valence-corrected chi connectivity index (χ2v) is 6.59. The van der Waals surface area contributed by atoms with E-state index in [1.165, 1.54) is 30.4 Å². The van der Waals surface area contributed by atoms with Gasteiger partial charge in [0.25, 0.3) is 0 Å². The highest BCUT2D eigenvalue weighted by Crippen LogP contribution is 2.40. The van der Waals surface area contributed by atoms with Crippen LogP contribution in [0.4, 0.5) is 0 Å². The summed E-state index contributed by atoms with van der Waals surface area (Å²) in [7, 11) is 0. The summed E-state index contributed by atoms with van der Waals surface area (Å²) in [4.78, 5) is 10.5. The molecule has 0 aromatic rings. The number of hydrogen-bond acceptors (Lipinski definition) is 1. The van der Waals surface area contributed by atoms with Gasteiger partial charge in [-0.05, 0) is 62.7 Å². The second kappa shape index (κ2) is 7.84. The van der Waals surface area contributed by atoms with Crippen LogP contribution in [0.25, 0.3) is 0 Å². The zero-order chi connectivity index (χ0) is 16.8. The lowest BCUT2D eigenvalue weighted by Gasteiger charge is -2.32. The van der Waals surface area contributed by atoms with Gasteiger partial charge >= 0.3 is 5.97 Å². The molecule has 0 saturated heterocycles. The largest absolute Gasteiger partial charge is 0.478 e. The van der Waals surface area contributed by atoms with Crippen molar-refractivity contribution in [1.82, 2.24) is 0 Å². The van der Waals surface area contributed by atoms with E-state index in [0.717, 1.165) is 11.6 Å². The molecule has 1 N–H and O–H groups in total. The van der Waals surface area contributed by atoms with Gasteiger partial charge in [-0.1, -0.05) is 43.4 Å². The third kappa shape index (κ3) is 5.77. The Balaban J connectivity index is 2.84. The minimum atomic E-state index is -0.964. The van der Waals surface area contributed by atoms with Gasteiger partial charge in [-0.15, -0.1) is 0 Å². The Kier molecular flexibility index (Phi) is 6.43. The first-order valence-corrected chi connectivity index (χ1v) is 7.70. The Morgan fingerprint density at radius 1 is 1.32 bits per heavy atom. The minimum absolute atomic E-state index is 0.242. The van der Waals surface area contributed by atoms with Crippen LogP contribution in [0.3, 0.4) is 0 Å². The Labute approximate surface area is 134 Å². The predicted octanol–water partition coefficient (Wildman–Crippen LogP) is 5.05. The molecule has 1 rings (SSSR count). The molecular weight excluding hydrogens is 272 g/mol. The van der Waals surface area contributed by atoms with Crippen molar-refractivity contribution < 1.29 is 9.90 Å². The molecule has 2 heteroatoms. The van der Waals surface area contributed by atoms with Gasteiger partial charge in [-0.2, -0.15) is 0 Å². The molecule has 0 radical (unpaired) electrons. The van der Waals surface area contributed by atoms with Crippen LogP contribution in [0, 0.1) is 17.3 Å². The van der Waals surface area contributed by atoms with E-state index in [9.17, 15) is 4.79 Å². The molecule has 0 amide bonds. The first-order valence-electron chi connectivity index (χ1n) is 7.70. The van der Waals surface area contributed by atoms with Crippen molar-refractivity contribution in [2.75, 3.05) is 0 Å². The van der Waals surface area contributed by atoms with Crippen LogP contribution in [-0.4, -0.2) is 11.1 Å². The summed E-state index contributed by atoms with van der Waals surface area (Å²) in [5, 5.41) is 8.62. The van der Waals surface area contributed by atoms with Crippen molar-refractivity contribution in [2.45, 2.75) is 53.9 Å². The van der Waals surface area contributed by atoms with Gasteiger partial charge in [0.1, 0.15) is 0 Å². The first kappa shape index (κ1) is 18.0. The molecule has 0 aromatic heterocycles. The van der Waals surface area contributed by atoms with Gasteiger partial charge in [0, 0.05) is 11.6 Å². The molecule has 0 aliphatic heterocycles. The van der Waals surface area contributed by atoms with Crippen molar-refractivity contribution in [3.63, 3.8) is 0 Å². The number of carboxylic acids is 1. The summed E-state index contributed by atoms with van der Waals surface area (Å²) in [5.74, 6) is 4.75.